The fourth-order valence-electron chi connectivity index (χ4n) is 1.35. The summed E-state index contributed by atoms with van der Waals surface area (Å²) in [6.07, 6.45) is -3.19. The standard InChI is InChI=1S/C5H4F3N3.C5H11NO2/c6-5(7,8)3-1-10-2-4(9)11-3;7-4-1-2-6-3-5(4)8/h1-2H,(H2,9,11);4-8H,1-3H2. The van der Waals surface area contributed by atoms with Gasteiger partial charge in [-0.25, -0.2) is 4.98 Å². The van der Waals surface area contributed by atoms with Crippen molar-refractivity contribution in [3.8, 4) is 0 Å². The number of aromatic nitrogens is 2. The highest BCUT2D eigenvalue weighted by Crippen LogP contribution is 2.26. The molecule has 19 heavy (non-hydrogen) atoms. The van der Waals surface area contributed by atoms with Gasteiger partial charge in [-0.2, -0.15) is 13.2 Å². The van der Waals surface area contributed by atoms with E-state index in [1.807, 2.05) is 0 Å². The number of rotatable bonds is 0. The Morgan fingerprint density at radius 2 is 1.95 bits per heavy atom. The molecule has 0 bridgehead atoms. The molecule has 2 atom stereocenters. The van der Waals surface area contributed by atoms with Gasteiger partial charge in [0.05, 0.1) is 24.6 Å². The molecular weight excluding hydrogens is 265 g/mol. The Morgan fingerprint density at radius 1 is 1.26 bits per heavy atom. The molecule has 2 rings (SSSR count). The van der Waals surface area contributed by atoms with E-state index in [-0.39, 0.29) is 5.82 Å². The quantitative estimate of drug-likeness (QED) is 0.524. The van der Waals surface area contributed by atoms with Crippen LogP contribution in [0.1, 0.15) is 12.1 Å². The van der Waals surface area contributed by atoms with Gasteiger partial charge in [0.15, 0.2) is 5.69 Å². The number of aliphatic hydroxyl groups is 2. The highest BCUT2D eigenvalue weighted by Gasteiger charge is 2.32. The summed E-state index contributed by atoms with van der Waals surface area (Å²) in [7, 11) is 0. The number of nitrogen functional groups attached to an aromatic ring is 1. The van der Waals surface area contributed by atoms with Gasteiger partial charge in [0.25, 0.3) is 0 Å². The number of alkyl halides is 3. The molecule has 0 aromatic carbocycles. The number of nitrogens with two attached hydrogens (primary N) is 1. The summed E-state index contributed by atoms with van der Waals surface area (Å²) >= 11 is 0. The smallest absolute Gasteiger partial charge is 0.390 e. The third-order valence-corrected chi connectivity index (χ3v) is 2.36. The van der Waals surface area contributed by atoms with Crippen LogP contribution in [0.3, 0.4) is 0 Å². The van der Waals surface area contributed by atoms with E-state index in [2.05, 4.69) is 15.3 Å². The van der Waals surface area contributed by atoms with Gasteiger partial charge >= 0.3 is 6.18 Å². The van der Waals surface area contributed by atoms with Crippen molar-refractivity contribution in [3.05, 3.63) is 18.1 Å². The van der Waals surface area contributed by atoms with E-state index in [0.29, 0.717) is 19.2 Å². The van der Waals surface area contributed by atoms with Crippen molar-refractivity contribution < 1.29 is 23.4 Å². The first-order valence-corrected chi connectivity index (χ1v) is 5.52. The Hall–Kier alpha value is -1.45. The molecule has 9 heteroatoms. The molecule has 6 nitrogen and oxygen atoms in total. The van der Waals surface area contributed by atoms with Crippen molar-refractivity contribution in [3.63, 3.8) is 0 Å². The monoisotopic (exact) mass is 280 g/mol. The van der Waals surface area contributed by atoms with Crippen molar-refractivity contribution in [2.75, 3.05) is 18.8 Å². The molecule has 2 heterocycles. The summed E-state index contributed by atoms with van der Waals surface area (Å²) in [4.78, 5) is 6.28. The normalized spacial score (nSPS) is 23.4. The summed E-state index contributed by atoms with van der Waals surface area (Å²) < 4.78 is 35.4. The number of hydrogen-bond donors (Lipinski definition) is 4. The molecule has 0 aliphatic carbocycles. The third kappa shape index (κ3) is 5.37. The second-order valence-corrected chi connectivity index (χ2v) is 3.95. The lowest BCUT2D eigenvalue weighted by Crippen LogP contribution is -2.43. The first kappa shape index (κ1) is 15.6. The van der Waals surface area contributed by atoms with Crippen molar-refractivity contribution >= 4 is 5.82 Å². The number of piperidine rings is 1. The SMILES string of the molecule is Nc1cncc(C(F)(F)F)n1.OC1CCNCC1O. The fourth-order valence-corrected chi connectivity index (χ4v) is 1.35. The molecule has 0 radical (unpaired) electrons. The average molecular weight is 280 g/mol. The number of nitrogens with one attached hydrogen (secondary N) is 1. The molecule has 1 aromatic heterocycles. The Bertz CT molecular complexity index is 393. The van der Waals surface area contributed by atoms with Gasteiger partial charge in [0.2, 0.25) is 0 Å². The van der Waals surface area contributed by atoms with Gasteiger partial charge < -0.3 is 21.3 Å². The lowest BCUT2D eigenvalue weighted by Gasteiger charge is -2.23. The first-order valence-electron chi connectivity index (χ1n) is 5.52. The second kappa shape index (κ2) is 6.64. The van der Waals surface area contributed by atoms with Gasteiger partial charge in [-0.3, -0.25) is 4.98 Å². The maximum absolute atomic E-state index is 11.8. The molecule has 0 saturated carbocycles. The van der Waals surface area contributed by atoms with E-state index in [9.17, 15) is 13.2 Å². The molecular formula is C10H15F3N4O2. The Labute approximate surface area is 107 Å². The van der Waals surface area contributed by atoms with E-state index in [0.717, 1.165) is 12.7 Å². The lowest BCUT2D eigenvalue weighted by molar-refractivity contribution is -0.141. The van der Waals surface area contributed by atoms with E-state index < -0.39 is 24.1 Å². The minimum Gasteiger partial charge on any atom is -0.390 e. The minimum atomic E-state index is -4.47. The maximum atomic E-state index is 11.8. The number of hydrogen-bond acceptors (Lipinski definition) is 6. The van der Waals surface area contributed by atoms with Crippen LogP contribution in [0.4, 0.5) is 19.0 Å². The lowest BCUT2D eigenvalue weighted by atomic mass is 10.1. The van der Waals surface area contributed by atoms with Crippen molar-refractivity contribution in [2.24, 2.45) is 0 Å². The van der Waals surface area contributed by atoms with Crippen LogP contribution < -0.4 is 11.1 Å². The largest absolute Gasteiger partial charge is 0.434 e. The van der Waals surface area contributed by atoms with Crippen molar-refractivity contribution in [1.82, 2.24) is 15.3 Å². The van der Waals surface area contributed by atoms with Crippen LogP contribution in [0.5, 0.6) is 0 Å². The molecule has 5 N–H and O–H groups in total. The predicted molar refractivity (Wildman–Crippen MR) is 60.9 cm³/mol. The van der Waals surface area contributed by atoms with Crippen LogP contribution in [0.15, 0.2) is 12.4 Å². The number of aliphatic hydroxyl groups excluding tert-OH is 2. The summed E-state index contributed by atoms with van der Waals surface area (Å²) in [5.74, 6) is -0.236. The number of anilines is 1. The zero-order valence-corrected chi connectivity index (χ0v) is 9.93. The van der Waals surface area contributed by atoms with Crippen LogP contribution in [-0.2, 0) is 6.18 Å². The third-order valence-electron chi connectivity index (χ3n) is 2.36. The van der Waals surface area contributed by atoms with Crippen LogP contribution in [0, 0.1) is 0 Å². The summed E-state index contributed by atoms with van der Waals surface area (Å²) in [5.41, 5.74) is 3.91. The van der Waals surface area contributed by atoms with Crippen molar-refractivity contribution in [2.45, 2.75) is 24.8 Å². The molecule has 2 unspecified atom stereocenters. The molecule has 1 fully saturated rings. The van der Waals surface area contributed by atoms with Crippen LogP contribution in [-0.4, -0.2) is 45.5 Å². The Balaban J connectivity index is 0.000000200. The molecule has 108 valence electrons. The van der Waals surface area contributed by atoms with E-state index >= 15 is 0 Å². The fraction of sp³-hybridized carbons (Fsp3) is 0.600. The Kier molecular flexibility index (Phi) is 5.45. The topological polar surface area (TPSA) is 104 Å². The molecule has 1 aromatic rings. The van der Waals surface area contributed by atoms with Crippen LogP contribution >= 0.6 is 0 Å². The van der Waals surface area contributed by atoms with Gasteiger partial charge in [-0.15, -0.1) is 0 Å². The first-order chi connectivity index (χ1) is 8.80. The van der Waals surface area contributed by atoms with Gasteiger partial charge in [-0.1, -0.05) is 0 Å². The highest BCUT2D eigenvalue weighted by atomic mass is 19.4. The predicted octanol–water partition coefficient (Wildman–Crippen LogP) is -0.221. The zero-order chi connectivity index (χ0) is 14.5. The van der Waals surface area contributed by atoms with Gasteiger partial charge in [0.1, 0.15) is 5.82 Å². The minimum absolute atomic E-state index is 0.236. The number of nitrogens with zero attached hydrogens (tertiary/aromatic N) is 2. The zero-order valence-electron chi connectivity index (χ0n) is 9.93. The maximum Gasteiger partial charge on any atom is 0.434 e. The second-order valence-electron chi connectivity index (χ2n) is 3.95. The van der Waals surface area contributed by atoms with E-state index in [1.54, 1.807) is 0 Å². The van der Waals surface area contributed by atoms with Gasteiger partial charge in [0, 0.05) is 6.54 Å². The number of halogens is 3. The summed E-state index contributed by atoms with van der Waals surface area (Å²) in [6.45, 7) is 1.35. The van der Waals surface area contributed by atoms with Crippen LogP contribution in [0.25, 0.3) is 0 Å². The van der Waals surface area contributed by atoms with E-state index in [1.165, 1.54) is 0 Å². The molecule has 0 spiro atoms. The Morgan fingerprint density at radius 3 is 2.32 bits per heavy atom. The molecule has 1 aliphatic rings. The molecule has 1 saturated heterocycles. The summed E-state index contributed by atoms with van der Waals surface area (Å²) in [6, 6.07) is 0. The number of β-amino-alcohol motifs (C(OH)–C–C–N with tert-alkyl or cyclic N) is 1. The van der Waals surface area contributed by atoms with Crippen LogP contribution in [0.2, 0.25) is 0 Å². The van der Waals surface area contributed by atoms with E-state index in [4.69, 9.17) is 15.9 Å². The molecule has 1 aliphatic heterocycles. The molecule has 0 amide bonds. The van der Waals surface area contributed by atoms with Gasteiger partial charge in [-0.05, 0) is 13.0 Å². The van der Waals surface area contributed by atoms with Crippen molar-refractivity contribution in [1.29, 1.82) is 0 Å². The average Bonchev–Trinajstić information content (AvgIpc) is 2.33. The highest BCUT2D eigenvalue weighted by molar-refractivity contribution is 5.24. The summed E-state index contributed by atoms with van der Waals surface area (Å²) in [5, 5.41) is 20.7.